The number of nitrogens with zero attached hydrogens (tertiary/aromatic N) is 2. The SMILES string of the molecule is CCOC(=O)C1=C(C)OC(N)=C(C#N)C1c1ccc(CN2CCCCC2)cc1. The summed E-state index contributed by atoms with van der Waals surface area (Å²) in [6.45, 7) is 6.85. The summed E-state index contributed by atoms with van der Waals surface area (Å²) in [5.41, 5.74) is 8.54. The molecule has 2 aliphatic heterocycles. The van der Waals surface area contributed by atoms with E-state index in [4.69, 9.17) is 15.2 Å². The summed E-state index contributed by atoms with van der Waals surface area (Å²) in [6.07, 6.45) is 3.82. The van der Waals surface area contributed by atoms with Crippen LogP contribution in [0.3, 0.4) is 0 Å². The minimum atomic E-state index is -0.582. The second-order valence-electron chi connectivity index (χ2n) is 7.19. The minimum Gasteiger partial charge on any atom is -0.463 e. The molecule has 2 aliphatic rings. The van der Waals surface area contributed by atoms with Gasteiger partial charge in [0.25, 0.3) is 0 Å². The largest absolute Gasteiger partial charge is 0.463 e. The number of nitriles is 1. The predicted octanol–water partition coefficient (Wildman–Crippen LogP) is 3.32. The van der Waals surface area contributed by atoms with E-state index >= 15 is 0 Å². The van der Waals surface area contributed by atoms with E-state index in [1.165, 1.54) is 24.8 Å². The first-order chi connectivity index (χ1) is 13.5. The molecular weight excluding hydrogens is 354 g/mol. The minimum absolute atomic E-state index is 0.0374. The molecule has 0 bridgehead atoms. The number of esters is 1. The highest BCUT2D eigenvalue weighted by Crippen LogP contribution is 2.39. The fraction of sp³-hybridized carbons (Fsp3) is 0.455. The quantitative estimate of drug-likeness (QED) is 0.787. The van der Waals surface area contributed by atoms with Crippen LogP contribution in [0.4, 0.5) is 0 Å². The van der Waals surface area contributed by atoms with Gasteiger partial charge in [-0.3, -0.25) is 4.90 Å². The lowest BCUT2D eigenvalue weighted by molar-refractivity contribution is -0.139. The van der Waals surface area contributed by atoms with Crippen LogP contribution in [0.1, 0.15) is 50.2 Å². The van der Waals surface area contributed by atoms with Crippen molar-refractivity contribution < 1.29 is 14.3 Å². The van der Waals surface area contributed by atoms with Crippen molar-refractivity contribution >= 4 is 5.97 Å². The third-order valence-electron chi connectivity index (χ3n) is 5.27. The van der Waals surface area contributed by atoms with Crippen LogP contribution in [0.2, 0.25) is 0 Å². The Balaban J connectivity index is 1.89. The second kappa shape index (κ2) is 8.94. The molecule has 148 valence electrons. The summed E-state index contributed by atoms with van der Waals surface area (Å²) in [5, 5.41) is 9.63. The van der Waals surface area contributed by atoms with Gasteiger partial charge in [0.05, 0.1) is 18.1 Å². The zero-order valence-corrected chi connectivity index (χ0v) is 16.5. The average molecular weight is 381 g/mol. The van der Waals surface area contributed by atoms with E-state index < -0.39 is 11.9 Å². The average Bonchev–Trinajstić information content (AvgIpc) is 2.69. The maximum Gasteiger partial charge on any atom is 0.338 e. The van der Waals surface area contributed by atoms with Gasteiger partial charge in [0, 0.05) is 6.54 Å². The van der Waals surface area contributed by atoms with E-state index in [-0.39, 0.29) is 18.1 Å². The lowest BCUT2D eigenvalue weighted by Crippen LogP contribution is -2.29. The fourth-order valence-corrected chi connectivity index (χ4v) is 3.88. The molecule has 0 amide bonds. The van der Waals surface area contributed by atoms with Crippen molar-refractivity contribution in [3.8, 4) is 6.07 Å². The molecule has 6 nitrogen and oxygen atoms in total. The van der Waals surface area contributed by atoms with Gasteiger partial charge in [-0.2, -0.15) is 5.26 Å². The van der Waals surface area contributed by atoms with Crippen molar-refractivity contribution in [1.82, 2.24) is 4.90 Å². The summed E-state index contributed by atoms with van der Waals surface area (Å²) in [7, 11) is 0. The van der Waals surface area contributed by atoms with E-state index in [9.17, 15) is 10.1 Å². The molecular formula is C22H27N3O3. The maximum absolute atomic E-state index is 12.6. The van der Waals surface area contributed by atoms with Gasteiger partial charge in [0.2, 0.25) is 5.88 Å². The number of carbonyl (C=O) groups is 1. The smallest absolute Gasteiger partial charge is 0.338 e. The van der Waals surface area contributed by atoms with Crippen LogP contribution in [-0.4, -0.2) is 30.6 Å². The van der Waals surface area contributed by atoms with E-state index in [0.717, 1.165) is 25.2 Å². The first-order valence-corrected chi connectivity index (χ1v) is 9.81. The molecule has 0 saturated carbocycles. The highest BCUT2D eigenvalue weighted by molar-refractivity contribution is 5.92. The number of nitrogens with two attached hydrogens (primary N) is 1. The number of likely N-dealkylation sites (tertiary alicyclic amines) is 1. The lowest BCUT2D eigenvalue weighted by atomic mass is 9.83. The van der Waals surface area contributed by atoms with Gasteiger partial charge < -0.3 is 15.2 Å². The highest BCUT2D eigenvalue weighted by atomic mass is 16.5. The van der Waals surface area contributed by atoms with E-state index in [1.54, 1.807) is 13.8 Å². The van der Waals surface area contributed by atoms with Crippen molar-refractivity contribution in [2.45, 2.75) is 45.6 Å². The maximum atomic E-state index is 12.6. The molecule has 2 N–H and O–H groups in total. The van der Waals surface area contributed by atoms with Crippen LogP contribution in [0.15, 0.2) is 47.1 Å². The first kappa shape index (κ1) is 20.0. The normalized spacial score (nSPS) is 20.5. The number of benzene rings is 1. The molecule has 3 rings (SSSR count). The number of allylic oxidation sites excluding steroid dienone is 2. The summed E-state index contributed by atoms with van der Waals surface area (Å²) in [4.78, 5) is 15.0. The monoisotopic (exact) mass is 381 g/mol. The molecule has 1 unspecified atom stereocenters. The van der Waals surface area contributed by atoms with Gasteiger partial charge in [0.15, 0.2) is 0 Å². The van der Waals surface area contributed by atoms with Gasteiger partial charge in [-0.05, 0) is 50.9 Å². The summed E-state index contributed by atoms with van der Waals surface area (Å²) in [5.74, 6) is -0.655. The van der Waals surface area contributed by atoms with Crippen LogP contribution in [0, 0.1) is 11.3 Å². The van der Waals surface area contributed by atoms with Gasteiger partial charge in [-0.1, -0.05) is 30.7 Å². The van der Waals surface area contributed by atoms with Crippen LogP contribution in [-0.2, 0) is 20.8 Å². The number of piperidine rings is 1. The predicted molar refractivity (Wildman–Crippen MR) is 106 cm³/mol. The zero-order chi connectivity index (χ0) is 20.1. The number of carbonyl (C=O) groups excluding carboxylic acids is 1. The number of hydrogen-bond acceptors (Lipinski definition) is 6. The molecule has 28 heavy (non-hydrogen) atoms. The van der Waals surface area contributed by atoms with Crippen molar-refractivity contribution in [1.29, 1.82) is 5.26 Å². The molecule has 0 aliphatic carbocycles. The standard InChI is InChI=1S/C22H27N3O3/c1-3-27-22(26)19-15(2)28-21(24)18(13-23)20(19)17-9-7-16(8-10-17)14-25-11-5-4-6-12-25/h7-10,20H,3-6,11-12,14,24H2,1-2H3. The molecule has 1 atom stereocenters. The molecule has 0 spiro atoms. The van der Waals surface area contributed by atoms with Crippen LogP contribution in [0.5, 0.6) is 0 Å². The Kier molecular flexibility index (Phi) is 6.37. The van der Waals surface area contributed by atoms with Crippen LogP contribution in [0.25, 0.3) is 0 Å². The van der Waals surface area contributed by atoms with Gasteiger partial charge in [-0.15, -0.1) is 0 Å². The van der Waals surface area contributed by atoms with Crippen LogP contribution >= 0.6 is 0 Å². The van der Waals surface area contributed by atoms with Gasteiger partial charge >= 0.3 is 5.97 Å². The van der Waals surface area contributed by atoms with E-state index in [2.05, 4.69) is 23.1 Å². The first-order valence-electron chi connectivity index (χ1n) is 9.81. The Morgan fingerprint density at radius 3 is 2.57 bits per heavy atom. The Hall–Kier alpha value is -2.78. The summed E-state index contributed by atoms with van der Waals surface area (Å²) in [6, 6.07) is 10.2. The molecule has 1 fully saturated rings. The third kappa shape index (κ3) is 4.20. The Morgan fingerprint density at radius 2 is 1.96 bits per heavy atom. The van der Waals surface area contributed by atoms with Crippen molar-refractivity contribution in [3.05, 3.63) is 58.2 Å². The Labute approximate surface area is 166 Å². The van der Waals surface area contributed by atoms with Crippen molar-refractivity contribution in [3.63, 3.8) is 0 Å². The topological polar surface area (TPSA) is 88.6 Å². The Bertz CT molecular complexity index is 828. The molecule has 0 aromatic heterocycles. The molecule has 1 saturated heterocycles. The second-order valence-corrected chi connectivity index (χ2v) is 7.19. The van der Waals surface area contributed by atoms with Crippen molar-refractivity contribution in [2.75, 3.05) is 19.7 Å². The number of ether oxygens (including phenoxy) is 2. The highest BCUT2D eigenvalue weighted by Gasteiger charge is 2.36. The molecule has 1 aromatic carbocycles. The van der Waals surface area contributed by atoms with E-state index in [1.807, 2.05) is 12.1 Å². The van der Waals surface area contributed by atoms with E-state index in [0.29, 0.717) is 11.3 Å². The summed E-state index contributed by atoms with van der Waals surface area (Å²) >= 11 is 0. The Morgan fingerprint density at radius 1 is 1.29 bits per heavy atom. The lowest BCUT2D eigenvalue weighted by Gasteiger charge is -2.28. The van der Waals surface area contributed by atoms with Gasteiger partial charge in [-0.25, -0.2) is 4.79 Å². The van der Waals surface area contributed by atoms with Crippen molar-refractivity contribution in [2.24, 2.45) is 5.73 Å². The number of hydrogen-bond donors (Lipinski definition) is 1. The molecule has 0 radical (unpaired) electrons. The zero-order valence-electron chi connectivity index (χ0n) is 16.5. The molecule has 6 heteroatoms. The molecule has 1 aromatic rings. The van der Waals surface area contributed by atoms with Gasteiger partial charge in [0.1, 0.15) is 17.4 Å². The van der Waals surface area contributed by atoms with Crippen LogP contribution < -0.4 is 5.73 Å². The third-order valence-corrected chi connectivity index (χ3v) is 5.27. The fourth-order valence-electron chi connectivity index (χ4n) is 3.88. The summed E-state index contributed by atoms with van der Waals surface area (Å²) < 4.78 is 10.7. The molecule has 2 heterocycles. The number of rotatable bonds is 5.